The van der Waals surface area contributed by atoms with Gasteiger partial charge in [-0.15, -0.1) is 16.4 Å². The van der Waals surface area contributed by atoms with E-state index in [-0.39, 0.29) is 23.9 Å². The molecule has 2 N–H and O–H groups in total. The zero-order chi connectivity index (χ0) is 18.6. The van der Waals surface area contributed by atoms with Crippen molar-refractivity contribution >= 4 is 29.2 Å². The van der Waals surface area contributed by atoms with Crippen LogP contribution in [0.4, 0.5) is 0 Å². The lowest BCUT2D eigenvalue weighted by molar-refractivity contribution is -0.117. The van der Waals surface area contributed by atoms with Crippen LogP contribution in [0, 0.1) is 0 Å². The first-order valence-electron chi connectivity index (χ1n) is 9.42. The van der Waals surface area contributed by atoms with Crippen LogP contribution < -0.4 is 10.6 Å². The molecular weight excluding hydrogens is 362 g/mol. The summed E-state index contributed by atoms with van der Waals surface area (Å²) in [7, 11) is 0. The number of carbonyl (C=O) groups is 2. The standard InChI is InChI=1S/C19H23N5O2S/c25-18(10-9-16-2-1-11-27-16)20-13-5-7-15(8-6-13)24-12-17(22-23-24)19(26)21-14-3-4-14/h1-2,9-15H,3-8H2,(H,20,25)(H,21,26)/b10-9+. The minimum atomic E-state index is -0.137. The van der Waals surface area contributed by atoms with Crippen molar-refractivity contribution < 1.29 is 9.59 Å². The molecule has 7 nitrogen and oxygen atoms in total. The summed E-state index contributed by atoms with van der Waals surface area (Å²) >= 11 is 1.61. The van der Waals surface area contributed by atoms with Crippen molar-refractivity contribution in [3.05, 3.63) is 40.4 Å². The molecule has 2 aromatic rings. The van der Waals surface area contributed by atoms with E-state index in [0.717, 1.165) is 43.4 Å². The highest BCUT2D eigenvalue weighted by Gasteiger charge is 2.27. The minimum absolute atomic E-state index is 0.0494. The van der Waals surface area contributed by atoms with Crippen molar-refractivity contribution in [3.63, 3.8) is 0 Å². The Labute approximate surface area is 161 Å². The number of thiophene rings is 1. The van der Waals surface area contributed by atoms with E-state index in [1.807, 2.05) is 23.6 Å². The second kappa shape index (κ2) is 8.04. The Morgan fingerprint density at radius 1 is 1.11 bits per heavy atom. The second-order valence-electron chi connectivity index (χ2n) is 7.19. The van der Waals surface area contributed by atoms with Gasteiger partial charge in [-0.1, -0.05) is 11.3 Å². The Balaban J connectivity index is 1.24. The van der Waals surface area contributed by atoms with Gasteiger partial charge in [0.15, 0.2) is 5.69 Å². The number of hydrogen-bond donors (Lipinski definition) is 2. The Morgan fingerprint density at radius 3 is 2.56 bits per heavy atom. The van der Waals surface area contributed by atoms with Crippen molar-refractivity contribution in [2.45, 2.75) is 56.7 Å². The van der Waals surface area contributed by atoms with Gasteiger partial charge < -0.3 is 10.6 Å². The quantitative estimate of drug-likeness (QED) is 0.748. The zero-order valence-corrected chi connectivity index (χ0v) is 15.8. The maximum absolute atomic E-state index is 12.1. The van der Waals surface area contributed by atoms with Crippen molar-refractivity contribution in [2.75, 3.05) is 0 Å². The van der Waals surface area contributed by atoms with Crippen LogP contribution in [0.2, 0.25) is 0 Å². The lowest BCUT2D eigenvalue weighted by Gasteiger charge is -2.28. The smallest absolute Gasteiger partial charge is 0.273 e. The highest BCUT2D eigenvalue weighted by molar-refractivity contribution is 7.10. The van der Waals surface area contributed by atoms with E-state index in [4.69, 9.17) is 0 Å². The third kappa shape index (κ3) is 4.82. The molecule has 0 bridgehead atoms. The van der Waals surface area contributed by atoms with Crippen LogP contribution in [0.25, 0.3) is 6.08 Å². The molecule has 0 aliphatic heterocycles. The van der Waals surface area contributed by atoms with Crippen LogP contribution in [-0.4, -0.2) is 38.9 Å². The number of amides is 2. The van der Waals surface area contributed by atoms with E-state index in [1.54, 1.807) is 28.3 Å². The molecule has 0 unspecified atom stereocenters. The molecular formula is C19H23N5O2S. The molecule has 8 heteroatoms. The normalized spacial score (nSPS) is 22.7. The van der Waals surface area contributed by atoms with Gasteiger partial charge in [-0.3, -0.25) is 9.59 Å². The predicted molar refractivity (Wildman–Crippen MR) is 103 cm³/mol. The monoisotopic (exact) mass is 385 g/mol. The molecule has 2 amide bonds. The molecule has 0 spiro atoms. The number of carbonyl (C=O) groups excluding carboxylic acids is 2. The topological polar surface area (TPSA) is 88.9 Å². The lowest BCUT2D eigenvalue weighted by Crippen LogP contribution is -2.37. The summed E-state index contributed by atoms with van der Waals surface area (Å²) in [6, 6.07) is 4.68. The van der Waals surface area contributed by atoms with E-state index in [9.17, 15) is 9.59 Å². The van der Waals surface area contributed by atoms with Gasteiger partial charge in [-0.05, 0) is 56.0 Å². The summed E-state index contributed by atoms with van der Waals surface area (Å²) in [5, 5.41) is 16.1. The molecule has 2 aromatic heterocycles. The summed E-state index contributed by atoms with van der Waals surface area (Å²) in [4.78, 5) is 25.2. The Bertz CT molecular complexity index is 817. The Hall–Kier alpha value is -2.48. The molecule has 0 atom stereocenters. The van der Waals surface area contributed by atoms with Crippen molar-refractivity contribution in [1.82, 2.24) is 25.6 Å². The molecule has 2 saturated carbocycles. The van der Waals surface area contributed by atoms with Gasteiger partial charge in [-0.25, -0.2) is 4.68 Å². The maximum atomic E-state index is 12.1. The number of hydrogen-bond acceptors (Lipinski definition) is 5. The third-order valence-electron chi connectivity index (χ3n) is 5.01. The van der Waals surface area contributed by atoms with Crippen LogP contribution in [0.1, 0.15) is 59.9 Å². The van der Waals surface area contributed by atoms with Crippen LogP contribution in [0.3, 0.4) is 0 Å². The average molecular weight is 385 g/mol. The van der Waals surface area contributed by atoms with E-state index in [1.165, 1.54) is 0 Å². The highest BCUT2D eigenvalue weighted by atomic mass is 32.1. The van der Waals surface area contributed by atoms with Crippen molar-refractivity contribution in [3.8, 4) is 0 Å². The summed E-state index contributed by atoms with van der Waals surface area (Å²) in [5.74, 6) is -0.186. The highest BCUT2D eigenvalue weighted by Crippen LogP contribution is 2.28. The molecule has 2 fully saturated rings. The molecule has 2 heterocycles. The third-order valence-corrected chi connectivity index (χ3v) is 5.85. The zero-order valence-electron chi connectivity index (χ0n) is 15.0. The van der Waals surface area contributed by atoms with E-state index < -0.39 is 0 Å². The van der Waals surface area contributed by atoms with Crippen LogP contribution >= 0.6 is 11.3 Å². The Kier molecular flexibility index (Phi) is 5.33. The summed E-state index contributed by atoms with van der Waals surface area (Å²) in [5.41, 5.74) is 0.385. The van der Waals surface area contributed by atoms with Gasteiger partial charge in [0.1, 0.15) is 0 Å². The molecule has 4 rings (SSSR count). The van der Waals surface area contributed by atoms with Crippen LogP contribution in [-0.2, 0) is 4.79 Å². The minimum Gasteiger partial charge on any atom is -0.350 e. The van der Waals surface area contributed by atoms with Crippen LogP contribution in [0.5, 0.6) is 0 Å². The van der Waals surface area contributed by atoms with Gasteiger partial charge in [0.25, 0.3) is 5.91 Å². The fraction of sp³-hybridized carbons (Fsp3) is 0.474. The number of nitrogens with one attached hydrogen (secondary N) is 2. The number of rotatable bonds is 6. The first-order chi connectivity index (χ1) is 13.2. The fourth-order valence-electron chi connectivity index (χ4n) is 3.32. The van der Waals surface area contributed by atoms with Gasteiger partial charge in [-0.2, -0.15) is 0 Å². The maximum Gasteiger partial charge on any atom is 0.273 e. The Morgan fingerprint density at radius 2 is 1.85 bits per heavy atom. The summed E-state index contributed by atoms with van der Waals surface area (Å²) < 4.78 is 1.80. The molecule has 0 radical (unpaired) electrons. The molecule has 27 heavy (non-hydrogen) atoms. The van der Waals surface area contributed by atoms with Crippen molar-refractivity contribution in [2.24, 2.45) is 0 Å². The molecule has 142 valence electrons. The van der Waals surface area contributed by atoms with Gasteiger partial charge in [0.2, 0.25) is 5.91 Å². The van der Waals surface area contributed by atoms with E-state index >= 15 is 0 Å². The molecule has 2 aliphatic rings. The molecule has 2 aliphatic carbocycles. The largest absolute Gasteiger partial charge is 0.350 e. The van der Waals surface area contributed by atoms with Crippen molar-refractivity contribution in [1.29, 1.82) is 0 Å². The van der Waals surface area contributed by atoms with E-state index in [2.05, 4.69) is 20.9 Å². The van der Waals surface area contributed by atoms with Crippen LogP contribution in [0.15, 0.2) is 29.8 Å². The van der Waals surface area contributed by atoms with E-state index in [0.29, 0.717) is 11.7 Å². The van der Waals surface area contributed by atoms with Gasteiger partial charge in [0, 0.05) is 23.0 Å². The van der Waals surface area contributed by atoms with Gasteiger partial charge in [0.05, 0.1) is 12.2 Å². The summed E-state index contributed by atoms with van der Waals surface area (Å²) in [6.07, 6.45) is 10.9. The lowest BCUT2D eigenvalue weighted by atomic mass is 9.91. The fourth-order valence-corrected chi connectivity index (χ4v) is 3.94. The molecule has 0 saturated heterocycles. The molecule has 0 aromatic carbocycles. The van der Waals surface area contributed by atoms with Gasteiger partial charge >= 0.3 is 0 Å². The number of aromatic nitrogens is 3. The number of nitrogens with zero attached hydrogens (tertiary/aromatic N) is 3. The predicted octanol–water partition coefficient (Wildman–Crippen LogP) is 2.55. The average Bonchev–Trinajstić information content (AvgIpc) is 3.15. The SMILES string of the molecule is O=C(/C=C/c1cccs1)NC1CCC(n2cc(C(=O)NC3CC3)nn2)CC1. The second-order valence-corrected chi connectivity index (χ2v) is 8.17. The first-order valence-corrected chi connectivity index (χ1v) is 10.3. The first kappa shape index (κ1) is 17.9. The summed E-state index contributed by atoms with van der Waals surface area (Å²) in [6.45, 7) is 0.